The molecule has 0 bridgehead atoms. The van der Waals surface area contributed by atoms with Gasteiger partial charge in [0.15, 0.2) is 0 Å². The van der Waals surface area contributed by atoms with Crippen molar-refractivity contribution in [3.8, 4) is 0 Å². The molecule has 0 atom stereocenters. The first-order valence-corrected chi connectivity index (χ1v) is 7.83. The number of benzene rings is 1. The lowest BCUT2D eigenvalue weighted by Gasteiger charge is -2.31. The zero-order valence-electron chi connectivity index (χ0n) is 12.4. The minimum atomic E-state index is -0.193. The molecule has 22 heavy (non-hydrogen) atoms. The molecule has 5 heteroatoms. The van der Waals surface area contributed by atoms with Gasteiger partial charge in [0.05, 0.1) is 11.8 Å². The van der Waals surface area contributed by atoms with E-state index in [0.717, 1.165) is 37.2 Å². The van der Waals surface area contributed by atoms with Gasteiger partial charge in [-0.3, -0.25) is 0 Å². The van der Waals surface area contributed by atoms with Gasteiger partial charge in [0.2, 0.25) is 5.95 Å². The van der Waals surface area contributed by atoms with Gasteiger partial charge in [0.1, 0.15) is 5.82 Å². The van der Waals surface area contributed by atoms with Crippen molar-refractivity contribution < 1.29 is 5.11 Å². The molecule has 0 radical (unpaired) electrons. The van der Waals surface area contributed by atoms with Gasteiger partial charge < -0.3 is 16.2 Å². The molecule has 4 N–H and O–H groups in total. The normalized spacial score (nSPS) is 23.9. The highest BCUT2D eigenvalue weighted by atomic mass is 16.3. The summed E-state index contributed by atoms with van der Waals surface area (Å²) in [6.07, 6.45) is 3.37. The van der Waals surface area contributed by atoms with E-state index in [1.165, 1.54) is 11.1 Å². The van der Waals surface area contributed by atoms with Gasteiger partial charge >= 0.3 is 0 Å². The molecule has 1 heterocycles. The van der Waals surface area contributed by atoms with E-state index >= 15 is 0 Å². The molecular weight excluding hydrogens is 276 g/mol. The summed E-state index contributed by atoms with van der Waals surface area (Å²) in [6, 6.07) is 10.9. The Morgan fingerprint density at radius 3 is 2.41 bits per heavy atom. The Morgan fingerprint density at radius 2 is 1.77 bits per heavy atom. The third-order valence-corrected chi connectivity index (χ3v) is 4.70. The van der Waals surface area contributed by atoms with Crippen LogP contribution in [0.4, 0.5) is 11.8 Å². The van der Waals surface area contributed by atoms with Crippen LogP contribution in [0.3, 0.4) is 0 Å². The first kappa shape index (κ1) is 13.5. The fourth-order valence-electron chi connectivity index (χ4n) is 3.47. The number of anilines is 2. The van der Waals surface area contributed by atoms with Gasteiger partial charge in [-0.15, -0.1) is 0 Å². The van der Waals surface area contributed by atoms with E-state index in [0.29, 0.717) is 17.9 Å². The summed E-state index contributed by atoms with van der Waals surface area (Å²) >= 11 is 0. The molecule has 0 spiro atoms. The van der Waals surface area contributed by atoms with Crippen LogP contribution < -0.4 is 11.1 Å². The Kier molecular flexibility index (Phi) is 3.22. The van der Waals surface area contributed by atoms with Gasteiger partial charge in [-0.2, -0.15) is 4.98 Å². The highest BCUT2D eigenvalue weighted by Crippen LogP contribution is 2.36. The predicted molar refractivity (Wildman–Crippen MR) is 85.7 cm³/mol. The zero-order valence-corrected chi connectivity index (χ0v) is 12.4. The van der Waals surface area contributed by atoms with E-state index in [2.05, 4.69) is 39.6 Å². The summed E-state index contributed by atoms with van der Waals surface area (Å²) in [5.74, 6) is 1.40. The molecule has 1 aromatic heterocycles. The quantitative estimate of drug-likeness (QED) is 0.805. The molecule has 4 rings (SSSR count). The van der Waals surface area contributed by atoms with Gasteiger partial charge in [-0.05, 0) is 36.8 Å². The van der Waals surface area contributed by atoms with Gasteiger partial charge in [0.25, 0.3) is 0 Å². The number of hydrogen-bond donors (Lipinski definition) is 3. The molecule has 114 valence electrons. The Hall–Kier alpha value is -2.14. The lowest BCUT2D eigenvalue weighted by atomic mass is 9.80. The molecule has 2 aromatic rings. The zero-order chi connectivity index (χ0) is 15.1. The highest BCUT2D eigenvalue weighted by Gasteiger charge is 2.30. The highest BCUT2D eigenvalue weighted by molar-refractivity contribution is 5.45. The smallest absolute Gasteiger partial charge is 0.222 e. The Labute approximate surface area is 129 Å². The number of nitrogens with one attached hydrogen (secondary N) is 1. The van der Waals surface area contributed by atoms with Crippen LogP contribution in [0.15, 0.2) is 30.3 Å². The first-order chi connectivity index (χ1) is 10.7. The summed E-state index contributed by atoms with van der Waals surface area (Å²) in [5, 5.41) is 12.9. The van der Waals surface area contributed by atoms with Crippen LogP contribution in [0.5, 0.6) is 0 Å². The molecule has 2 aliphatic rings. The average molecular weight is 296 g/mol. The number of nitrogens with two attached hydrogens (primary N) is 1. The molecule has 2 aliphatic carbocycles. The molecule has 0 saturated heterocycles. The van der Waals surface area contributed by atoms with Crippen LogP contribution in [0.1, 0.15) is 35.6 Å². The van der Waals surface area contributed by atoms with Crippen molar-refractivity contribution >= 4 is 11.8 Å². The Bertz CT molecular complexity index is 672. The molecule has 1 aromatic carbocycles. The molecule has 0 unspecified atom stereocenters. The van der Waals surface area contributed by atoms with Crippen molar-refractivity contribution in [1.29, 1.82) is 0 Å². The standard InChI is InChI=1S/C17H20N4O/c18-17-20-15(12-7-14(22)8-12)9-16(21-17)19-13-5-10-3-1-2-4-11(10)6-13/h1-4,9,12-14,22H,5-8H2,(H3,18,19,20,21). The van der Waals surface area contributed by atoms with E-state index in [1.54, 1.807) is 0 Å². The van der Waals surface area contributed by atoms with E-state index in [4.69, 9.17) is 5.73 Å². The number of hydrogen-bond acceptors (Lipinski definition) is 5. The van der Waals surface area contributed by atoms with Crippen LogP contribution >= 0.6 is 0 Å². The summed E-state index contributed by atoms with van der Waals surface area (Å²) in [6.45, 7) is 0. The third-order valence-electron chi connectivity index (χ3n) is 4.70. The van der Waals surface area contributed by atoms with E-state index in [9.17, 15) is 5.11 Å². The summed E-state index contributed by atoms with van der Waals surface area (Å²) in [4.78, 5) is 8.63. The number of fused-ring (bicyclic) bond motifs is 1. The number of nitrogen functional groups attached to an aromatic ring is 1. The van der Waals surface area contributed by atoms with Crippen LogP contribution in [0.2, 0.25) is 0 Å². The minimum absolute atomic E-state index is 0.193. The third kappa shape index (κ3) is 2.52. The number of aliphatic hydroxyl groups is 1. The van der Waals surface area contributed by atoms with E-state index in [1.807, 2.05) is 6.07 Å². The van der Waals surface area contributed by atoms with E-state index < -0.39 is 0 Å². The second-order valence-electron chi connectivity index (χ2n) is 6.38. The van der Waals surface area contributed by atoms with Crippen molar-refractivity contribution in [2.45, 2.75) is 43.7 Å². The fourth-order valence-corrected chi connectivity index (χ4v) is 3.47. The van der Waals surface area contributed by atoms with Crippen LogP contribution in [0, 0.1) is 0 Å². The van der Waals surface area contributed by atoms with Crippen molar-refractivity contribution in [2.75, 3.05) is 11.1 Å². The predicted octanol–water partition coefficient (Wildman–Crippen LogP) is 1.88. The van der Waals surface area contributed by atoms with Crippen molar-refractivity contribution in [3.63, 3.8) is 0 Å². The fraction of sp³-hybridized carbons (Fsp3) is 0.412. The average Bonchev–Trinajstić information content (AvgIpc) is 2.85. The maximum absolute atomic E-state index is 9.46. The lowest BCUT2D eigenvalue weighted by molar-refractivity contribution is 0.0732. The molecule has 1 saturated carbocycles. The largest absolute Gasteiger partial charge is 0.393 e. The number of aliphatic hydroxyl groups excluding tert-OH is 1. The first-order valence-electron chi connectivity index (χ1n) is 7.83. The number of rotatable bonds is 3. The summed E-state index contributed by atoms with van der Waals surface area (Å²) < 4.78 is 0. The minimum Gasteiger partial charge on any atom is -0.393 e. The molecule has 0 amide bonds. The maximum atomic E-state index is 9.46. The monoisotopic (exact) mass is 296 g/mol. The van der Waals surface area contributed by atoms with Crippen molar-refractivity contribution in [2.24, 2.45) is 0 Å². The van der Waals surface area contributed by atoms with Gasteiger partial charge in [0, 0.05) is 18.0 Å². The SMILES string of the molecule is Nc1nc(NC2Cc3ccccc3C2)cc(C2CC(O)C2)n1. The van der Waals surface area contributed by atoms with Crippen molar-refractivity contribution in [1.82, 2.24) is 9.97 Å². The second kappa shape index (κ2) is 5.25. The number of aromatic nitrogens is 2. The maximum Gasteiger partial charge on any atom is 0.222 e. The molecule has 0 aliphatic heterocycles. The molecule has 5 nitrogen and oxygen atoms in total. The van der Waals surface area contributed by atoms with Crippen LogP contribution in [0.25, 0.3) is 0 Å². The second-order valence-corrected chi connectivity index (χ2v) is 6.38. The lowest BCUT2D eigenvalue weighted by Crippen LogP contribution is -2.28. The van der Waals surface area contributed by atoms with Gasteiger partial charge in [-0.25, -0.2) is 4.98 Å². The van der Waals surface area contributed by atoms with Crippen LogP contribution in [-0.4, -0.2) is 27.2 Å². The Morgan fingerprint density at radius 1 is 1.09 bits per heavy atom. The number of nitrogens with zero attached hydrogens (tertiary/aromatic N) is 2. The van der Waals surface area contributed by atoms with Crippen molar-refractivity contribution in [3.05, 3.63) is 47.2 Å². The van der Waals surface area contributed by atoms with E-state index in [-0.39, 0.29) is 6.10 Å². The summed E-state index contributed by atoms with van der Waals surface area (Å²) in [5.41, 5.74) is 9.60. The Balaban J connectivity index is 1.49. The molecular formula is C17H20N4O. The molecule has 1 fully saturated rings. The summed E-state index contributed by atoms with van der Waals surface area (Å²) in [7, 11) is 0. The van der Waals surface area contributed by atoms with Gasteiger partial charge in [-0.1, -0.05) is 24.3 Å². The van der Waals surface area contributed by atoms with Crippen LogP contribution in [-0.2, 0) is 12.8 Å². The topological polar surface area (TPSA) is 84.1 Å².